The second kappa shape index (κ2) is 7.39. The minimum Gasteiger partial charge on any atom is -0.480 e. The van der Waals surface area contributed by atoms with Gasteiger partial charge in [-0.25, -0.2) is 9.78 Å². The Morgan fingerprint density at radius 2 is 1.80 bits per heavy atom. The Kier molecular flexibility index (Phi) is 5.48. The Morgan fingerprint density at radius 1 is 1.16 bits per heavy atom. The molecule has 0 unspecified atom stereocenters. The minimum atomic E-state index is -4.82. The van der Waals surface area contributed by atoms with Crippen molar-refractivity contribution in [2.45, 2.75) is 6.18 Å². The number of ether oxygens (including phenoxy) is 1. The SMILES string of the molecule is COc1nccc(C(F)(F)F)c1C(=O)NC(=O)Nc1ccc(Cl)cc1. The molecule has 0 atom stereocenters. The molecule has 0 fully saturated rings. The minimum absolute atomic E-state index is 0.295. The van der Waals surface area contributed by atoms with Crippen LogP contribution in [-0.4, -0.2) is 24.0 Å². The summed E-state index contributed by atoms with van der Waals surface area (Å²) < 4.78 is 43.9. The number of hydrogen-bond donors (Lipinski definition) is 2. The van der Waals surface area contributed by atoms with Crippen molar-refractivity contribution < 1.29 is 27.5 Å². The monoisotopic (exact) mass is 373 g/mol. The highest BCUT2D eigenvalue weighted by Crippen LogP contribution is 2.34. The fraction of sp³-hybridized carbons (Fsp3) is 0.133. The van der Waals surface area contributed by atoms with Crippen LogP contribution in [-0.2, 0) is 6.18 Å². The lowest BCUT2D eigenvalue weighted by molar-refractivity contribution is -0.138. The maximum Gasteiger partial charge on any atom is 0.417 e. The van der Waals surface area contributed by atoms with E-state index >= 15 is 0 Å². The lowest BCUT2D eigenvalue weighted by Gasteiger charge is -2.14. The number of amides is 3. The third-order valence-corrected chi connectivity index (χ3v) is 3.22. The summed E-state index contributed by atoms with van der Waals surface area (Å²) in [7, 11) is 1.06. The van der Waals surface area contributed by atoms with E-state index in [1.165, 1.54) is 24.3 Å². The molecule has 2 aromatic rings. The molecule has 2 N–H and O–H groups in total. The van der Waals surface area contributed by atoms with E-state index in [0.29, 0.717) is 16.8 Å². The van der Waals surface area contributed by atoms with Crippen molar-refractivity contribution >= 4 is 29.2 Å². The summed E-state index contributed by atoms with van der Waals surface area (Å²) in [6.45, 7) is 0. The van der Waals surface area contributed by atoms with Crippen LogP contribution in [0.15, 0.2) is 36.5 Å². The van der Waals surface area contributed by atoms with Gasteiger partial charge in [-0.2, -0.15) is 13.2 Å². The molecular weight excluding hydrogens is 363 g/mol. The fourth-order valence-corrected chi connectivity index (χ4v) is 2.04. The number of nitrogens with zero attached hydrogens (tertiary/aromatic N) is 1. The highest BCUT2D eigenvalue weighted by molar-refractivity contribution is 6.30. The first-order chi connectivity index (χ1) is 11.7. The summed E-state index contributed by atoms with van der Waals surface area (Å²) in [5, 5.41) is 4.53. The quantitative estimate of drug-likeness (QED) is 0.859. The van der Waals surface area contributed by atoms with Gasteiger partial charge >= 0.3 is 12.2 Å². The van der Waals surface area contributed by atoms with E-state index in [0.717, 1.165) is 13.3 Å². The predicted octanol–water partition coefficient (Wildman–Crippen LogP) is 3.72. The van der Waals surface area contributed by atoms with Gasteiger partial charge in [0.05, 0.1) is 12.7 Å². The Hall–Kier alpha value is -2.81. The molecule has 0 aliphatic heterocycles. The predicted molar refractivity (Wildman–Crippen MR) is 83.7 cm³/mol. The Morgan fingerprint density at radius 3 is 2.36 bits per heavy atom. The van der Waals surface area contributed by atoms with Crippen molar-refractivity contribution in [2.75, 3.05) is 12.4 Å². The van der Waals surface area contributed by atoms with E-state index in [2.05, 4.69) is 10.3 Å². The average molecular weight is 374 g/mol. The summed E-state index contributed by atoms with van der Waals surface area (Å²) in [6.07, 6.45) is -3.97. The maximum atomic E-state index is 13.1. The molecule has 0 spiro atoms. The number of benzene rings is 1. The normalized spacial score (nSPS) is 10.9. The van der Waals surface area contributed by atoms with Gasteiger partial charge in [-0.05, 0) is 30.3 Å². The molecule has 0 saturated heterocycles. The van der Waals surface area contributed by atoms with E-state index in [9.17, 15) is 22.8 Å². The van der Waals surface area contributed by atoms with Crippen molar-refractivity contribution in [1.82, 2.24) is 10.3 Å². The molecule has 1 aromatic heterocycles. The van der Waals surface area contributed by atoms with Crippen molar-refractivity contribution in [1.29, 1.82) is 0 Å². The van der Waals surface area contributed by atoms with Crippen molar-refractivity contribution in [3.8, 4) is 5.88 Å². The number of pyridine rings is 1. The van der Waals surface area contributed by atoms with Crippen LogP contribution in [0.4, 0.5) is 23.7 Å². The van der Waals surface area contributed by atoms with E-state index in [1.807, 2.05) is 0 Å². The second-order valence-electron chi connectivity index (χ2n) is 4.66. The molecular formula is C15H11ClF3N3O3. The van der Waals surface area contributed by atoms with Gasteiger partial charge in [0, 0.05) is 16.9 Å². The van der Waals surface area contributed by atoms with Crippen LogP contribution in [0.2, 0.25) is 5.02 Å². The van der Waals surface area contributed by atoms with Crippen LogP contribution in [0, 0.1) is 0 Å². The lowest BCUT2D eigenvalue weighted by atomic mass is 10.1. The molecule has 0 saturated carbocycles. The molecule has 3 amide bonds. The zero-order valence-electron chi connectivity index (χ0n) is 12.6. The Bertz CT molecular complexity index is 795. The van der Waals surface area contributed by atoms with Crippen LogP contribution in [0.5, 0.6) is 5.88 Å². The number of carbonyl (C=O) groups is 2. The van der Waals surface area contributed by atoms with Crippen LogP contribution in [0.1, 0.15) is 15.9 Å². The Balaban J connectivity index is 2.22. The average Bonchev–Trinajstić information content (AvgIpc) is 2.55. The van der Waals surface area contributed by atoms with Gasteiger partial charge < -0.3 is 10.1 Å². The smallest absolute Gasteiger partial charge is 0.417 e. The van der Waals surface area contributed by atoms with E-state index in [-0.39, 0.29) is 0 Å². The first-order valence-corrected chi connectivity index (χ1v) is 7.08. The number of imide groups is 1. The van der Waals surface area contributed by atoms with Crippen molar-refractivity contribution in [2.24, 2.45) is 0 Å². The molecule has 0 aliphatic carbocycles. The van der Waals surface area contributed by atoms with Crippen molar-refractivity contribution in [3.05, 3.63) is 52.7 Å². The summed E-state index contributed by atoms with van der Waals surface area (Å²) in [5.41, 5.74) is -1.86. The van der Waals surface area contributed by atoms with Gasteiger partial charge in [0.15, 0.2) is 0 Å². The van der Waals surface area contributed by atoms with Gasteiger partial charge in [0.25, 0.3) is 5.91 Å². The van der Waals surface area contributed by atoms with Gasteiger partial charge in [-0.3, -0.25) is 10.1 Å². The molecule has 1 aromatic carbocycles. The highest BCUT2D eigenvalue weighted by atomic mass is 35.5. The second-order valence-corrected chi connectivity index (χ2v) is 5.09. The number of carbonyl (C=O) groups excluding carboxylic acids is 2. The summed E-state index contributed by atoms with van der Waals surface area (Å²) in [5.74, 6) is -1.85. The van der Waals surface area contributed by atoms with Crippen molar-refractivity contribution in [3.63, 3.8) is 0 Å². The molecule has 10 heteroatoms. The van der Waals surface area contributed by atoms with E-state index in [1.54, 1.807) is 5.32 Å². The highest BCUT2D eigenvalue weighted by Gasteiger charge is 2.38. The molecule has 132 valence electrons. The molecule has 2 rings (SSSR count). The van der Waals surface area contributed by atoms with Gasteiger partial charge in [0.2, 0.25) is 5.88 Å². The molecule has 1 heterocycles. The summed E-state index contributed by atoms with van der Waals surface area (Å²) in [4.78, 5) is 27.5. The van der Waals surface area contributed by atoms with Crippen LogP contribution < -0.4 is 15.4 Å². The van der Waals surface area contributed by atoms with Gasteiger partial charge in [-0.15, -0.1) is 0 Å². The maximum absolute atomic E-state index is 13.1. The third kappa shape index (κ3) is 4.60. The number of halogens is 4. The summed E-state index contributed by atoms with van der Waals surface area (Å²) >= 11 is 5.70. The number of nitrogens with one attached hydrogen (secondary N) is 2. The lowest BCUT2D eigenvalue weighted by Crippen LogP contribution is -2.35. The van der Waals surface area contributed by atoms with Crippen LogP contribution in [0.3, 0.4) is 0 Å². The van der Waals surface area contributed by atoms with E-state index < -0.39 is 35.1 Å². The molecule has 0 radical (unpaired) electrons. The van der Waals surface area contributed by atoms with E-state index in [4.69, 9.17) is 16.3 Å². The number of alkyl halides is 3. The molecule has 6 nitrogen and oxygen atoms in total. The summed E-state index contributed by atoms with van der Waals surface area (Å²) in [6, 6.07) is 5.49. The van der Waals surface area contributed by atoms with Gasteiger partial charge in [-0.1, -0.05) is 11.6 Å². The fourth-order valence-electron chi connectivity index (χ4n) is 1.91. The van der Waals surface area contributed by atoms with Crippen LogP contribution in [0.25, 0.3) is 0 Å². The molecule has 25 heavy (non-hydrogen) atoms. The number of methoxy groups -OCH3 is 1. The number of rotatable bonds is 3. The zero-order chi connectivity index (χ0) is 18.6. The number of hydrogen-bond acceptors (Lipinski definition) is 4. The zero-order valence-corrected chi connectivity index (χ0v) is 13.4. The van der Waals surface area contributed by atoms with Crippen LogP contribution >= 0.6 is 11.6 Å². The Labute approximate surface area is 145 Å². The molecule has 0 aliphatic rings. The first-order valence-electron chi connectivity index (χ1n) is 6.70. The topological polar surface area (TPSA) is 80.3 Å². The number of aromatic nitrogens is 1. The first kappa shape index (κ1) is 18.5. The third-order valence-electron chi connectivity index (χ3n) is 2.97. The molecule has 0 bridgehead atoms. The largest absolute Gasteiger partial charge is 0.480 e. The standard InChI is InChI=1S/C15H11ClF3N3O3/c1-25-13-11(10(6-7-20-13)15(17,18)19)12(23)22-14(24)21-9-4-2-8(16)3-5-9/h2-7H,1H3,(H2,21,22,23,24). The van der Waals surface area contributed by atoms with Gasteiger partial charge in [0.1, 0.15) is 5.56 Å². The number of anilines is 1. The number of urea groups is 1.